The van der Waals surface area contributed by atoms with E-state index in [4.69, 9.17) is 0 Å². The lowest BCUT2D eigenvalue weighted by Crippen LogP contribution is -2.38. The number of nitrogens with one attached hydrogen (secondary N) is 1. The fraction of sp³-hybridized carbons (Fsp3) is 0.333. The number of rotatable bonds is 4. The first-order valence-electron chi connectivity index (χ1n) is 5.23. The van der Waals surface area contributed by atoms with Crippen molar-refractivity contribution in [1.29, 1.82) is 0 Å². The molecule has 0 heterocycles. The minimum atomic E-state index is -0.829. The van der Waals surface area contributed by atoms with Gasteiger partial charge in [-0.15, -0.1) is 0 Å². The summed E-state index contributed by atoms with van der Waals surface area (Å²) in [5.74, 6) is -2.47. The molecular weight excluding hydrogens is 228 g/mol. The Morgan fingerprint density at radius 3 is 2.24 bits per heavy atom. The third-order valence-corrected chi connectivity index (χ3v) is 2.30. The van der Waals surface area contributed by atoms with Gasteiger partial charge in [0.1, 0.15) is 11.6 Å². The van der Waals surface area contributed by atoms with Crippen molar-refractivity contribution in [3.63, 3.8) is 0 Å². The van der Waals surface area contributed by atoms with Crippen molar-refractivity contribution in [3.8, 4) is 0 Å². The Kier molecular flexibility index (Phi) is 4.31. The molecule has 1 atom stereocenters. The fourth-order valence-corrected chi connectivity index (χ4v) is 1.35. The summed E-state index contributed by atoms with van der Waals surface area (Å²) >= 11 is 0. The number of Topliss-reactive ketones (excluding diaryl/α,β-unsaturated/α-hetero) is 1. The summed E-state index contributed by atoms with van der Waals surface area (Å²) in [5, 5.41) is 2.38. The van der Waals surface area contributed by atoms with E-state index in [1.807, 2.05) is 0 Å². The summed E-state index contributed by atoms with van der Waals surface area (Å²) in [7, 11) is 0. The van der Waals surface area contributed by atoms with Crippen molar-refractivity contribution in [2.75, 3.05) is 0 Å². The highest BCUT2D eigenvalue weighted by Crippen LogP contribution is 2.08. The normalized spacial score (nSPS) is 12.0. The predicted octanol–water partition coefficient (Wildman–Crippen LogP) is 2.06. The minimum Gasteiger partial charge on any atom is -0.343 e. The van der Waals surface area contributed by atoms with E-state index in [0.717, 1.165) is 12.1 Å². The third kappa shape index (κ3) is 3.62. The van der Waals surface area contributed by atoms with Gasteiger partial charge in [-0.05, 0) is 19.1 Å². The zero-order valence-corrected chi connectivity index (χ0v) is 9.59. The summed E-state index contributed by atoms with van der Waals surface area (Å²) in [6.45, 7) is 3.20. The molecule has 0 saturated heterocycles. The molecule has 1 amide bonds. The number of hydrogen-bond acceptors (Lipinski definition) is 2. The monoisotopic (exact) mass is 241 g/mol. The third-order valence-electron chi connectivity index (χ3n) is 2.30. The first-order chi connectivity index (χ1) is 7.93. The molecule has 92 valence electrons. The second kappa shape index (κ2) is 5.52. The molecule has 0 aromatic heterocycles. The number of benzene rings is 1. The molecule has 5 heteroatoms. The van der Waals surface area contributed by atoms with E-state index < -0.39 is 23.6 Å². The maximum atomic E-state index is 12.9. The molecule has 0 aliphatic rings. The standard InChI is InChI=1S/C12H13F2NO2/c1-3-11(16)7(2)15-12(17)8-4-9(13)6-10(14)5-8/h4-7H,3H2,1-2H3,(H,15,17). The Hall–Kier alpha value is -1.78. The van der Waals surface area contributed by atoms with E-state index in [0.29, 0.717) is 12.5 Å². The van der Waals surface area contributed by atoms with Gasteiger partial charge in [0.05, 0.1) is 6.04 Å². The van der Waals surface area contributed by atoms with Crippen molar-refractivity contribution < 1.29 is 18.4 Å². The molecule has 1 aromatic rings. The lowest BCUT2D eigenvalue weighted by Gasteiger charge is -2.11. The number of carbonyl (C=O) groups excluding carboxylic acids is 2. The van der Waals surface area contributed by atoms with Crippen LogP contribution in [-0.4, -0.2) is 17.7 Å². The first-order valence-corrected chi connectivity index (χ1v) is 5.23. The second-order valence-electron chi connectivity index (χ2n) is 3.67. The van der Waals surface area contributed by atoms with Crippen LogP contribution in [0.1, 0.15) is 30.6 Å². The van der Waals surface area contributed by atoms with Gasteiger partial charge in [-0.25, -0.2) is 8.78 Å². The van der Waals surface area contributed by atoms with Crippen LogP contribution in [0.25, 0.3) is 0 Å². The van der Waals surface area contributed by atoms with Gasteiger partial charge in [-0.2, -0.15) is 0 Å². The van der Waals surface area contributed by atoms with Gasteiger partial charge < -0.3 is 5.32 Å². The molecule has 0 saturated carbocycles. The molecule has 3 nitrogen and oxygen atoms in total. The van der Waals surface area contributed by atoms with Crippen LogP contribution in [0.5, 0.6) is 0 Å². The Morgan fingerprint density at radius 1 is 1.24 bits per heavy atom. The Bertz CT molecular complexity index is 426. The molecule has 0 spiro atoms. The van der Waals surface area contributed by atoms with Gasteiger partial charge in [0.15, 0.2) is 5.78 Å². The van der Waals surface area contributed by atoms with E-state index in [2.05, 4.69) is 5.32 Å². The molecule has 0 aliphatic heterocycles. The number of halogens is 2. The molecule has 1 unspecified atom stereocenters. The number of carbonyl (C=O) groups is 2. The highest BCUT2D eigenvalue weighted by molar-refractivity contribution is 5.97. The van der Waals surface area contributed by atoms with Crippen molar-refractivity contribution >= 4 is 11.7 Å². The summed E-state index contributed by atoms with van der Waals surface area (Å²) < 4.78 is 25.7. The fourth-order valence-electron chi connectivity index (χ4n) is 1.35. The van der Waals surface area contributed by atoms with E-state index in [-0.39, 0.29) is 11.3 Å². The van der Waals surface area contributed by atoms with Crippen LogP contribution in [0.3, 0.4) is 0 Å². The van der Waals surface area contributed by atoms with Gasteiger partial charge in [0.2, 0.25) is 0 Å². The molecule has 1 rings (SSSR count). The maximum absolute atomic E-state index is 12.9. The zero-order chi connectivity index (χ0) is 13.0. The predicted molar refractivity (Wildman–Crippen MR) is 58.6 cm³/mol. The van der Waals surface area contributed by atoms with Gasteiger partial charge in [-0.3, -0.25) is 9.59 Å². The molecule has 0 radical (unpaired) electrons. The summed E-state index contributed by atoms with van der Waals surface area (Å²) in [5.41, 5.74) is -0.141. The van der Waals surface area contributed by atoms with Crippen molar-refractivity contribution in [3.05, 3.63) is 35.4 Å². The van der Waals surface area contributed by atoms with E-state index in [1.54, 1.807) is 6.92 Å². The zero-order valence-electron chi connectivity index (χ0n) is 9.59. The lowest BCUT2D eigenvalue weighted by molar-refractivity contribution is -0.120. The summed E-state index contributed by atoms with van der Waals surface area (Å²) in [4.78, 5) is 22.8. The van der Waals surface area contributed by atoms with Crippen LogP contribution in [0.4, 0.5) is 8.78 Å². The topological polar surface area (TPSA) is 46.2 Å². The second-order valence-corrected chi connectivity index (χ2v) is 3.67. The number of hydrogen-bond donors (Lipinski definition) is 1. The Morgan fingerprint density at radius 2 is 1.76 bits per heavy atom. The molecule has 0 fully saturated rings. The summed E-state index contributed by atoms with van der Waals surface area (Å²) in [6, 6.07) is 1.85. The van der Waals surface area contributed by atoms with Crippen LogP contribution >= 0.6 is 0 Å². The van der Waals surface area contributed by atoms with Crippen molar-refractivity contribution in [2.45, 2.75) is 26.3 Å². The van der Waals surface area contributed by atoms with Crippen LogP contribution in [-0.2, 0) is 4.79 Å². The highest BCUT2D eigenvalue weighted by atomic mass is 19.1. The SMILES string of the molecule is CCC(=O)C(C)NC(=O)c1cc(F)cc(F)c1. The van der Waals surface area contributed by atoms with E-state index >= 15 is 0 Å². The molecule has 1 N–H and O–H groups in total. The highest BCUT2D eigenvalue weighted by Gasteiger charge is 2.15. The minimum absolute atomic E-state index is 0.141. The molecule has 1 aromatic carbocycles. The van der Waals surface area contributed by atoms with Gasteiger partial charge >= 0.3 is 0 Å². The number of amides is 1. The van der Waals surface area contributed by atoms with Crippen LogP contribution in [0, 0.1) is 11.6 Å². The Labute approximate surface area is 97.8 Å². The maximum Gasteiger partial charge on any atom is 0.252 e. The smallest absolute Gasteiger partial charge is 0.252 e. The van der Waals surface area contributed by atoms with Crippen LogP contribution in [0.2, 0.25) is 0 Å². The quantitative estimate of drug-likeness (QED) is 0.877. The van der Waals surface area contributed by atoms with Gasteiger partial charge in [-0.1, -0.05) is 6.92 Å². The van der Waals surface area contributed by atoms with Crippen molar-refractivity contribution in [2.24, 2.45) is 0 Å². The van der Waals surface area contributed by atoms with E-state index in [9.17, 15) is 18.4 Å². The largest absolute Gasteiger partial charge is 0.343 e. The van der Waals surface area contributed by atoms with Crippen LogP contribution in [0.15, 0.2) is 18.2 Å². The van der Waals surface area contributed by atoms with Crippen molar-refractivity contribution in [1.82, 2.24) is 5.32 Å². The lowest BCUT2D eigenvalue weighted by atomic mass is 10.1. The van der Waals surface area contributed by atoms with Crippen LogP contribution < -0.4 is 5.32 Å². The average molecular weight is 241 g/mol. The van der Waals surface area contributed by atoms with Gasteiger partial charge in [0, 0.05) is 18.1 Å². The van der Waals surface area contributed by atoms with Gasteiger partial charge in [0.25, 0.3) is 5.91 Å². The molecule has 17 heavy (non-hydrogen) atoms. The molecule has 0 bridgehead atoms. The molecule has 0 aliphatic carbocycles. The summed E-state index contributed by atoms with van der Waals surface area (Å²) in [6.07, 6.45) is 0.291. The number of ketones is 1. The Balaban J connectivity index is 2.79. The average Bonchev–Trinajstić information content (AvgIpc) is 2.26. The van der Waals surface area contributed by atoms with E-state index in [1.165, 1.54) is 6.92 Å². The first kappa shape index (κ1) is 13.3. The molecular formula is C12H13F2NO2.